The molecule has 2 heterocycles. The first-order chi connectivity index (χ1) is 10.3. The van der Waals surface area contributed by atoms with Crippen molar-refractivity contribution in [1.29, 1.82) is 0 Å². The molecule has 1 N–H and O–H groups in total. The summed E-state index contributed by atoms with van der Waals surface area (Å²) in [6.07, 6.45) is 14.2. The summed E-state index contributed by atoms with van der Waals surface area (Å²) in [5, 5.41) is 8.26. The van der Waals surface area contributed by atoms with Crippen molar-refractivity contribution in [2.45, 2.75) is 52.0 Å². The van der Waals surface area contributed by atoms with E-state index < -0.39 is 0 Å². The van der Waals surface area contributed by atoms with Crippen LogP contribution in [0.5, 0.6) is 0 Å². The van der Waals surface area contributed by atoms with Crippen LogP contribution in [0.4, 0.5) is 0 Å². The van der Waals surface area contributed by atoms with Gasteiger partial charge in [0.05, 0.1) is 17.9 Å². The van der Waals surface area contributed by atoms with E-state index in [2.05, 4.69) is 29.2 Å². The van der Waals surface area contributed by atoms with Crippen molar-refractivity contribution in [3.05, 3.63) is 30.4 Å². The second kappa shape index (κ2) is 6.56. The van der Waals surface area contributed by atoms with Gasteiger partial charge in [0.1, 0.15) is 0 Å². The topological polar surface area (TPSA) is 42.2 Å². The highest BCUT2D eigenvalue weighted by Gasteiger charge is 2.28. The van der Waals surface area contributed by atoms with Crippen molar-refractivity contribution < 1.29 is 0 Å². The zero-order chi connectivity index (χ0) is 14.7. The summed E-state index contributed by atoms with van der Waals surface area (Å²) in [4.78, 5) is 4.28. The maximum Gasteiger partial charge on any atom is 0.0892 e. The van der Waals surface area contributed by atoms with Gasteiger partial charge in [-0.15, -0.1) is 0 Å². The lowest BCUT2D eigenvalue weighted by molar-refractivity contribution is 0.232. The highest BCUT2D eigenvalue weighted by molar-refractivity contribution is 5.53. The Hall–Kier alpha value is -1.42. The molecular weight excluding hydrogens is 260 g/mol. The number of nitrogens with one attached hydrogen (secondary N) is 1. The van der Waals surface area contributed by atoms with Gasteiger partial charge in [0.25, 0.3) is 0 Å². The fraction of sp³-hybridized carbons (Fsp3) is 0.647. The SMILES string of the molecule is CCCNC(c1cnn2ccncc12)C1CCC(C)CC1. The van der Waals surface area contributed by atoms with Gasteiger partial charge in [-0.3, -0.25) is 4.98 Å². The van der Waals surface area contributed by atoms with E-state index in [0.29, 0.717) is 6.04 Å². The number of hydrogen-bond donors (Lipinski definition) is 1. The highest BCUT2D eigenvalue weighted by Crippen LogP contribution is 2.37. The molecule has 1 fully saturated rings. The quantitative estimate of drug-likeness (QED) is 0.913. The molecule has 114 valence electrons. The average Bonchev–Trinajstić information content (AvgIpc) is 2.93. The second-order valence-corrected chi connectivity index (χ2v) is 6.46. The first kappa shape index (κ1) is 14.5. The van der Waals surface area contributed by atoms with Crippen LogP contribution in [-0.2, 0) is 0 Å². The van der Waals surface area contributed by atoms with E-state index in [0.717, 1.165) is 30.3 Å². The van der Waals surface area contributed by atoms with Crippen LogP contribution >= 0.6 is 0 Å². The van der Waals surface area contributed by atoms with Gasteiger partial charge in [-0.2, -0.15) is 5.10 Å². The smallest absolute Gasteiger partial charge is 0.0892 e. The summed E-state index contributed by atoms with van der Waals surface area (Å²) in [6, 6.07) is 0.416. The van der Waals surface area contributed by atoms with Crippen molar-refractivity contribution in [1.82, 2.24) is 19.9 Å². The number of aromatic nitrogens is 3. The van der Waals surface area contributed by atoms with E-state index in [4.69, 9.17) is 0 Å². The van der Waals surface area contributed by atoms with Crippen molar-refractivity contribution in [2.24, 2.45) is 11.8 Å². The standard InChI is InChI=1S/C17H26N4/c1-3-8-19-17(14-6-4-13(2)5-7-14)15-11-20-21-10-9-18-12-16(15)21/h9-14,17,19H,3-8H2,1-2H3. The number of hydrogen-bond acceptors (Lipinski definition) is 3. The van der Waals surface area contributed by atoms with Crippen molar-refractivity contribution >= 4 is 5.52 Å². The van der Waals surface area contributed by atoms with Crippen LogP contribution in [0.1, 0.15) is 57.6 Å². The Labute approximate surface area is 127 Å². The minimum Gasteiger partial charge on any atom is -0.310 e. The lowest BCUT2D eigenvalue weighted by Gasteiger charge is -2.33. The molecule has 4 heteroatoms. The number of fused-ring (bicyclic) bond motifs is 1. The van der Waals surface area contributed by atoms with E-state index in [-0.39, 0.29) is 0 Å². The molecule has 2 aromatic heterocycles. The number of nitrogens with zero attached hydrogens (tertiary/aromatic N) is 3. The van der Waals surface area contributed by atoms with Crippen LogP contribution in [-0.4, -0.2) is 21.1 Å². The molecule has 1 saturated carbocycles. The summed E-state index contributed by atoms with van der Waals surface area (Å²) in [6.45, 7) is 5.67. The van der Waals surface area contributed by atoms with Crippen LogP contribution in [0.15, 0.2) is 24.8 Å². The van der Waals surface area contributed by atoms with Crippen molar-refractivity contribution in [3.8, 4) is 0 Å². The Morgan fingerprint density at radius 1 is 1.29 bits per heavy atom. The minimum absolute atomic E-state index is 0.416. The fourth-order valence-corrected chi connectivity index (χ4v) is 3.54. The van der Waals surface area contributed by atoms with E-state index in [1.54, 1.807) is 6.20 Å². The molecule has 0 amide bonds. The van der Waals surface area contributed by atoms with Crippen LogP contribution in [0.3, 0.4) is 0 Å². The maximum absolute atomic E-state index is 4.49. The summed E-state index contributed by atoms with van der Waals surface area (Å²) < 4.78 is 1.94. The molecule has 0 bridgehead atoms. The molecular formula is C17H26N4. The summed E-state index contributed by atoms with van der Waals surface area (Å²) in [7, 11) is 0. The molecule has 0 aliphatic heterocycles. The van der Waals surface area contributed by atoms with E-state index >= 15 is 0 Å². The van der Waals surface area contributed by atoms with Gasteiger partial charge in [-0.05, 0) is 37.6 Å². The third-order valence-electron chi connectivity index (χ3n) is 4.84. The maximum atomic E-state index is 4.49. The van der Waals surface area contributed by atoms with Crippen molar-refractivity contribution in [3.63, 3.8) is 0 Å². The van der Waals surface area contributed by atoms with Crippen LogP contribution < -0.4 is 5.32 Å². The molecule has 1 unspecified atom stereocenters. The zero-order valence-electron chi connectivity index (χ0n) is 13.1. The Morgan fingerprint density at radius 3 is 2.86 bits per heavy atom. The molecule has 0 aromatic carbocycles. The molecule has 0 spiro atoms. The van der Waals surface area contributed by atoms with Crippen molar-refractivity contribution in [2.75, 3.05) is 6.54 Å². The second-order valence-electron chi connectivity index (χ2n) is 6.46. The van der Waals surface area contributed by atoms with Gasteiger partial charge in [0.2, 0.25) is 0 Å². The van der Waals surface area contributed by atoms with Gasteiger partial charge in [0.15, 0.2) is 0 Å². The Morgan fingerprint density at radius 2 is 2.10 bits per heavy atom. The summed E-state index contributed by atoms with van der Waals surface area (Å²) in [5.41, 5.74) is 2.46. The van der Waals surface area contributed by atoms with Crippen LogP contribution in [0.2, 0.25) is 0 Å². The largest absolute Gasteiger partial charge is 0.310 e. The predicted octanol–water partition coefficient (Wildman–Crippen LogP) is 3.60. The molecule has 1 atom stereocenters. The highest BCUT2D eigenvalue weighted by atomic mass is 15.2. The molecule has 2 aromatic rings. The Kier molecular flexibility index (Phi) is 4.54. The third kappa shape index (κ3) is 3.10. The molecule has 0 saturated heterocycles. The van der Waals surface area contributed by atoms with Crippen LogP contribution in [0, 0.1) is 11.8 Å². The molecule has 1 aliphatic rings. The molecule has 21 heavy (non-hydrogen) atoms. The molecule has 1 aliphatic carbocycles. The molecule has 3 rings (SSSR count). The Balaban J connectivity index is 1.87. The fourth-order valence-electron chi connectivity index (χ4n) is 3.54. The van der Waals surface area contributed by atoms with Gasteiger partial charge >= 0.3 is 0 Å². The monoisotopic (exact) mass is 286 g/mol. The van der Waals surface area contributed by atoms with E-state index in [1.165, 1.54) is 31.2 Å². The third-order valence-corrected chi connectivity index (χ3v) is 4.84. The normalized spacial score (nSPS) is 24.3. The molecule has 0 radical (unpaired) electrons. The summed E-state index contributed by atoms with van der Waals surface area (Å²) >= 11 is 0. The lowest BCUT2D eigenvalue weighted by Crippen LogP contribution is -2.31. The lowest BCUT2D eigenvalue weighted by atomic mass is 9.77. The van der Waals surface area contributed by atoms with Gasteiger partial charge in [0, 0.05) is 24.0 Å². The van der Waals surface area contributed by atoms with Gasteiger partial charge in [-0.1, -0.05) is 26.7 Å². The first-order valence-corrected chi connectivity index (χ1v) is 8.30. The molecule has 4 nitrogen and oxygen atoms in total. The zero-order valence-corrected chi connectivity index (χ0v) is 13.1. The Bertz CT molecular complexity index is 569. The minimum atomic E-state index is 0.416. The summed E-state index contributed by atoms with van der Waals surface area (Å²) in [5.74, 6) is 1.61. The first-order valence-electron chi connectivity index (χ1n) is 8.30. The van der Waals surface area contributed by atoms with Gasteiger partial charge < -0.3 is 5.32 Å². The number of rotatable bonds is 5. The van der Waals surface area contributed by atoms with E-state index in [9.17, 15) is 0 Å². The van der Waals surface area contributed by atoms with Crippen LogP contribution in [0.25, 0.3) is 5.52 Å². The average molecular weight is 286 g/mol. The van der Waals surface area contributed by atoms with Gasteiger partial charge in [-0.25, -0.2) is 4.52 Å². The predicted molar refractivity (Wildman–Crippen MR) is 85.1 cm³/mol. The van der Waals surface area contributed by atoms with E-state index in [1.807, 2.05) is 23.1 Å².